The van der Waals surface area contributed by atoms with Gasteiger partial charge in [-0.1, -0.05) is 42.5 Å². The van der Waals surface area contributed by atoms with Gasteiger partial charge in [-0.25, -0.2) is 4.98 Å². The van der Waals surface area contributed by atoms with Crippen molar-refractivity contribution in [1.82, 2.24) is 19.4 Å². The predicted octanol–water partition coefficient (Wildman–Crippen LogP) is 5.34. The molecule has 37 heavy (non-hydrogen) atoms. The number of amides is 1. The molecule has 0 spiro atoms. The van der Waals surface area contributed by atoms with Gasteiger partial charge in [-0.3, -0.25) is 14.2 Å². The van der Waals surface area contributed by atoms with Gasteiger partial charge < -0.3 is 15.0 Å². The molecule has 1 amide bonds. The number of phenols is 1. The van der Waals surface area contributed by atoms with Crippen LogP contribution in [0.25, 0.3) is 33.5 Å². The monoisotopic (exact) mass is 490 g/mol. The summed E-state index contributed by atoms with van der Waals surface area (Å²) in [5.41, 5.74) is 5.77. The molecule has 0 unspecified atom stereocenters. The smallest absolute Gasteiger partial charge is 0.253 e. The van der Waals surface area contributed by atoms with Crippen molar-refractivity contribution < 1.29 is 14.7 Å². The minimum Gasteiger partial charge on any atom is -0.508 e. The number of carbonyl (C=O) groups excluding carboxylic acids is 2. The molecule has 1 saturated carbocycles. The zero-order valence-electron chi connectivity index (χ0n) is 20.4. The number of para-hydroxylation sites is 1. The number of hydrogen-bond donors (Lipinski definition) is 2. The lowest BCUT2D eigenvalue weighted by Crippen LogP contribution is -2.19. The number of fused-ring (bicyclic) bond motifs is 1. The van der Waals surface area contributed by atoms with E-state index in [2.05, 4.69) is 5.32 Å². The van der Waals surface area contributed by atoms with Gasteiger partial charge in [0.1, 0.15) is 11.6 Å². The van der Waals surface area contributed by atoms with Crippen LogP contribution in [0.1, 0.15) is 33.6 Å². The predicted molar refractivity (Wildman–Crippen MR) is 143 cm³/mol. The van der Waals surface area contributed by atoms with Crippen molar-refractivity contribution in [2.75, 3.05) is 7.05 Å². The van der Waals surface area contributed by atoms with Crippen molar-refractivity contribution >= 4 is 22.8 Å². The first-order chi connectivity index (χ1) is 18.0. The van der Waals surface area contributed by atoms with Crippen LogP contribution in [0.3, 0.4) is 0 Å². The zero-order valence-corrected chi connectivity index (χ0v) is 20.4. The lowest BCUT2D eigenvalue weighted by atomic mass is 10.0. The molecule has 2 heterocycles. The van der Waals surface area contributed by atoms with Crippen molar-refractivity contribution in [1.29, 1.82) is 0 Å². The number of nitrogens with one attached hydrogen (secondary N) is 1. The van der Waals surface area contributed by atoms with Gasteiger partial charge in [-0.05, 0) is 59.9 Å². The number of nitrogens with zero attached hydrogens (tertiary/aromatic N) is 3. The fourth-order valence-corrected chi connectivity index (χ4v) is 4.77. The van der Waals surface area contributed by atoms with Gasteiger partial charge in [0.05, 0.1) is 23.1 Å². The summed E-state index contributed by atoms with van der Waals surface area (Å²) in [4.78, 5) is 30.2. The van der Waals surface area contributed by atoms with Gasteiger partial charge in [0.2, 0.25) is 5.91 Å². The van der Waals surface area contributed by atoms with Crippen LogP contribution in [0.2, 0.25) is 0 Å². The Kier molecular flexibility index (Phi) is 5.60. The molecule has 5 aromatic rings. The van der Waals surface area contributed by atoms with Gasteiger partial charge in [0.15, 0.2) is 0 Å². The topological polar surface area (TPSA) is 89.2 Å². The van der Waals surface area contributed by atoms with Crippen molar-refractivity contribution in [3.05, 3.63) is 96.3 Å². The van der Waals surface area contributed by atoms with E-state index in [9.17, 15) is 14.7 Å². The summed E-state index contributed by atoms with van der Waals surface area (Å²) < 4.78 is 3.72. The van der Waals surface area contributed by atoms with E-state index in [1.165, 1.54) is 0 Å². The van der Waals surface area contributed by atoms with E-state index < -0.39 is 0 Å². The lowest BCUT2D eigenvalue weighted by molar-refractivity contribution is 0.0885. The summed E-state index contributed by atoms with van der Waals surface area (Å²) in [6, 6.07) is 22.6. The van der Waals surface area contributed by atoms with Crippen LogP contribution < -0.4 is 5.32 Å². The average Bonchev–Trinajstić information content (AvgIpc) is 3.57. The molecule has 2 N–H and O–H groups in total. The molecule has 6 rings (SSSR count). The van der Waals surface area contributed by atoms with E-state index in [0.717, 1.165) is 52.0 Å². The molecule has 0 atom stereocenters. The Morgan fingerprint density at radius 1 is 0.973 bits per heavy atom. The quantitative estimate of drug-likeness (QED) is 0.336. The zero-order chi connectivity index (χ0) is 25.5. The normalized spacial score (nSPS) is 13.1. The first kappa shape index (κ1) is 22.8. The molecule has 1 aliphatic rings. The molecule has 7 nitrogen and oxygen atoms in total. The second-order valence-electron chi connectivity index (χ2n) is 9.44. The van der Waals surface area contributed by atoms with Crippen molar-refractivity contribution in [3.8, 4) is 28.3 Å². The minimum atomic E-state index is -0.181. The molecular weight excluding hydrogens is 464 g/mol. The summed E-state index contributed by atoms with van der Waals surface area (Å²) in [6.45, 7) is 0.457. The van der Waals surface area contributed by atoms with Crippen LogP contribution in [0.5, 0.6) is 5.75 Å². The van der Waals surface area contributed by atoms with Gasteiger partial charge in [-0.15, -0.1) is 0 Å². The van der Waals surface area contributed by atoms with E-state index in [4.69, 9.17) is 4.98 Å². The molecule has 0 aliphatic heterocycles. The Hall–Kier alpha value is -4.65. The molecule has 0 bridgehead atoms. The molecule has 0 saturated heterocycles. The fourth-order valence-electron chi connectivity index (χ4n) is 4.77. The van der Waals surface area contributed by atoms with E-state index in [-0.39, 0.29) is 23.5 Å². The second kappa shape index (κ2) is 9.09. The molecule has 7 heteroatoms. The van der Waals surface area contributed by atoms with E-state index in [0.29, 0.717) is 12.1 Å². The maximum Gasteiger partial charge on any atom is 0.253 e. The van der Waals surface area contributed by atoms with E-state index in [1.54, 1.807) is 29.8 Å². The van der Waals surface area contributed by atoms with Crippen molar-refractivity contribution in [2.24, 2.45) is 5.92 Å². The summed E-state index contributed by atoms with van der Waals surface area (Å²) in [5.74, 6) is 1.04. The van der Waals surface area contributed by atoms with Gasteiger partial charge in [-0.2, -0.15) is 0 Å². The number of benzene rings is 3. The lowest BCUT2D eigenvalue weighted by Gasteiger charge is -2.12. The van der Waals surface area contributed by atoms with Crippen LogP contribution >= 0.6 is 0 Å². The number of hydrogen-bond acceptors (Lipinski definition) is 4. The van der Waals surface area contributed by atoms with Crippen molar-refractivity contribution in [2.45, 2.75) is 19.4 Å². The molecule has 0 radical (unpaired) electrons. The first-order valence-electron chi connectivity index (χ1n) is 12.3. The number of rotatable bonds is 6. The standard InChI is InChI=1S/C30H26N4O3/c1-31-29(36)25-6-3-7-26-27(25)34(18-19-14-15-33(17-19)30(37)22-12-13-22)28(32-26)21-10-8-20(9-11-21)23-4-2-5-24(35)16-23/h2-11,14-17,22,35H,12-13,18H2,1H3,(H,31,36). The number of carbonyl (C=O) groups is 2. The Morgan fingerprint density at radius 3 is 2.46 bits per heavy atom. The minimum absolute atomic E-state index is 0.134. The highest BCUT2D eigenvalue weighted by Gasteiger charge is 2.30. The SMILES string of the molecule is CNC(=O)c1cccc2nc(-c3ccc(-c4cccc(O)c4)cc3)n(Cc3ccn(C(=O)C4CC4)c3)c12. The van der Waals surface area contributed by atoms with Gasteiger partial charge in [0, 0.05) is 30.9 Å². The van der Waals surface area contributed by atoms with Crippen molar-refractivity contribution in [3.63, 3.8) is 0 Å². The molecule has 2 aromatic heterocycles. The van der Waals surface area contributed by atoms with Crippen LogP contribution in [0, 0.1) is 5.92 Å². The average molecular weight is 491 g/mol. The van der Waals surface area contributed by atoms with Gasteiger partial charge >= 0.3 is 0 Å². The third-order valence-electron chi connectivity index (χ3n) is 6.84. The second-order valence-corrected chi connectivity index (χ2v) is 9.44. The molecule has 3 aromatic carbocycles. The largest absolute Gasteiger partial charge is 0.508 e. The maximum atomic E-state index is 12.8. The highest BCUT2D eigenvalue weighted by Crippen LogP contribution is 2.32. The van der Waals surface area contributed by atoms with Crippen LogP contribution in [0.4, 0.5) is 0 Å². The number of imidazole rings is 1. The molecule has 184 valence electrons. The first-order valence-corrected chi connectivity index (χ1v) is 12.3. The van der Waals surface area contributed by atoms with Crippen LogP contribution in [-0.2, 0) is 6.54 Å². The summed E-state index contributed by atoms with van der Waals surface area (Å²) in [7, 11) is 1.62. The Labute approximate surface area is 214 Å². The fraction of sp³-hybridized carbons (Fsp3) is 0.167. The highest BCUT2D eigenvalue weighted by atomic mass is 16.3. The van der Waals surface area contributed by atoms with E-state index in [1.807, 2.05) is 71.6 Å². The molecule has 1 fully saturated rings. The summed E-state index contributed by atoms with van der Waals surface area (Å²) >= 11 is 0. The van der Waals surface area contributed by atoms with E-state index >= 15 is 0 Å². The number of aromatic hydroxyl groups is 1. The third kappa shape index (κ3) is 4.29. The molecule has 1 aliphatic carbocycles. The highest BCUT2D eigenvalue weighted by molar-refractivity contribution is 6.05. The Balaban J connectivity index is 1.44. The number of aromatic nitrogens is 3. The molecular formula is C30H26N4O3. The van der Waals surface area contributed by atoms with Crippen LogP contribution in [0.15, 0.2) is 85.2 Å². The Bertz CT molecular complexity index is 1640. The third-order valence-corrected chi connectivity index (χ3v) is 6.84. The van der Waals surface area contributed by atoms with Crippen LogP contribution in [-0.4, -0.2) is 38.1 Å². The number of phenolic OH excluding ortho intramolecular Hbond substituents is 1. The summed E-state index contributed by atoms with van der Waals surface area (Å²) in [5, 5.41) is 12.6. The Morgan fingerprint density at radius 2 is 1.73 bits per heavy atom. The maximum absolute atomic E-state index is 12.8. The summed E-state index contributed by atoms with van der Waals surface area (Å²) in [6.07, 6.45) is 5.61. The van der Waals surface area contributed by atoms with Gasteiger partial charge in [0.25, 0.3) is 5.91 Å².